The second-order valence-electron chi connectivity index (χ2n) is 6.89. The van der Waals surface area contributed by atoms with E-state index in [2.05, 4.69) is 15.6 Å². The van der Waals surface area contributed by atoms with Crippen molar-refractivity contribution < 1.29 is 23.9 Å². The summed E-state index contributed by atoms with van der Waals surface area (Å²) < 4.78 is 11.3. The van der Waals surface area contributed by atoms with Crippen LogP contribution in [0.1, 0.15) is 32.7 Å². The van der Waals surface area contributed by atoms with Crippen LogP contribution in [0, 0.1) is 0 Å². The summed E-state index contributed by atoms with van der Waals surface area (Å²) in [6.45, 7) is 6.58. The topological polar surface area (TPSA) is 107 Å². The van der Waals surface area contributed by atoms with Gasteiger partial charge in [0.2, 0.25) is 0 Å². The van der Waals surface area contributed by atoms with Crippen molar-refractivity contribution in [1.82, 2.24) is 15.6 Å². The molecule has 0 saturated carbocycles. The summed E-state index contributed by atoms with van der Waals surface area (Å²) in [7, 11) is 0. The zero-order valence-electron chi connectivity index (χ0n) is 15.7. The number of carbonyl (C=O) groups excluding carboxylic acids is 3. The number of amides is 3. The molecule has 9 heteroatoms. The lowest BCUT2D eigenvalue weighted by Crippen LogP contribution is -2.50. The minimum absolute atomic E-state index is 0.170. The number of urea groups is 1. The number of para-hydroxylation sites is 1. The Balaban J connectivity index is 1.72. The lowest BCUT2D eigenvalue weighted by Gasteiger charge is -2.21. The Morgan fingerprint density at radius 2 is 1.93 bits per heavy atom. The third-order valence-corrected chi connectivity index (χ3v) is 4.20. The van der Waals surface area contributed by atoms with Crippen LogP contribution < -0.4 is 10.6 Å². The first-order chi connectivity index (χ1) is 12.6. The highest BCUT2D eigenvalue weighted by atomic mass is 32.1. The van der Waals surface area contributed by atoms with Crippen molar-refractivity contribution in [2.24, 2.45) is 0 Å². The Morgan fingerprint density at radius 1 is 1.22 bits per heavy atom. The van der Waals surface area contributed by atoms with E-state index in [0.29, 0.717) is 0 Å². The van der Waals surface area contributed by atoms with Gasteiger partial charge in [-0.3, -0.25) is 10.1 Å². The summed E-state index contributed by atoms with van der Waals surface area (Å²) in [5.41, 5.74) is 0.390. The summed E-state index contributed by atoms with van der Waals surface area (Å²) in [5, 5.41) is 5.45. The molecular formula is C18H23N3O5S. The van der Waals surface area contributed by atoms with Gasteiger partial charge in [-0.15, -0.1) is 11.3 Å². The van der Waals surface area contributed by atoms with E-state index < -0.39 is 29.6 Å². The van der Waals surface area contributed by atoms with E-state index in [1.54, 1.807) is 20.8 Å². The molecule has 1 heterocycles. The molecule has 146 valence electrons. The Labute approximate surface area is 161 Å². The van der Waals surface area contributed by atoms with E-state index in [-0.39, 0.29) is 13.2 Å². The zero-order valence-corrected chi connectivity index (χ0v) is 16.5. The molecule has 0 fully saturated rings. The number of carbonyl (C=O) groups is 3. The van der Waals surface area contributed by atoms with Gasteiger partial charge in [0, 0.05) is 5.54 Å². The fourth-order valence-corrected chi connectivity index (χ4v) is 2.98. The van der Waals surface area contributed by atoms with E-state index in [0.717, 1.165) is 15.2 Å². The van der Waals surface area contributed by atoms with Gasteiger partial charge in [0.15, 0.2) is 6.10 Å². The Bertz CT molecular complexity index is 795. The van der Waals surface area contributed by atoms with Crippen molar-refractivity contribution in [3.05, 3.63) is 29.3 Å². The van der Waals surface area contributed by atoms with Crippen molar-refractivity contribution in [1.29, 1.82) is 0 Å². The monoisotopic (exact) mass is 393 g/mol. The van der Waals surface area contributed by atoms with Gasteiger partial charge in [-0.2, -0.15) is 0 Å². The van der Waals surface area contributed by atoms with E-state index in [9.17, 15) is 14.4 Å². The van der Waals surface area contributed by atoms with Crippen LogP contribution in [0.3, 0.4) is 0 Å². The predicted octanol–water partition coefficient (Wildman–Crippen LogP) is 2.37. The summed E-state index contributed by atoms with van der Waals surface area (Å²) in [5.74, 6) is -1.41. The molecule has 0 radical (unpaired) electrons. The molecule has 2 rings (SSSR count). The van der Waals surface area contributed by atoms with Crippen LogP contribution in [-0.2, 0) is 25.7 Å². The van der Waals surface area contributed by atoms with Gasteiger partial charge in [0.25, 0.3) is 5.91 Å². The zero-order chi connectivity index (χ0) is 20.0. The van der Waals surface area contributed by atoms with Gasteiger partial charge in [-0.05, 0) is 39.8 Å². The van der Waals surface area contributed by atoms with Gasteiger partial charge in [-0.1, -0.05) is 12.1 Å². The molecule has 0 aliphatic carbocycles. The summed E-state index contributed by atoms with van der Waals surface area (Å²) >= 11 is 1.48. The molecule has 2 N–H and O–H groups in total. The minimum Gasteiger partial charge on any atom is -0.451 e. The lowest BCUT2D eigenvalue weighted by molar-refractivity contribution is -0.159. The third kappa shape index (κ3) is 6.95. The maximum absolute atomic E-state index is 11.9. The SMILES string of the molecule is C[C@@H](OC(=O)COCc1nc2ccccc2s1)C(=O)NC(=O)NC(C)(C)C. The molecule has 0 aliphatic heterocycles. The number of ether oxygens (including phenoxy) is 2. The van der Waals surface area contributed by atoms with Crippen molar-refractivity contribution in [3.8, 4) is 0 Å². The number of thiazole rings is 1. The Hall–Kier alpha value is -2.52. The fraction of sp³-hybridized carbons (Fsp3) is 0.444. The fourth-order valence-electron chi connectivity index (χ4n) is 2.07. The summed E-state index contributed by atoms with van der Waals surface area (Å²) in [6.07, 6.45) is -1.12. The van der Waals surface area contributed by atoms with Gasteiger partial charge in [0.05, 0.1) is 16.8 Å². The van der Waals surface area contributed by atoms with Gasteiger partial charge >= 0.3 is 12.0 Å². The average molecular weight is 393 g/mol. The minimum atomic E-state index is -1.12. The van der Waals surface area contributed by atoms with Crippen LogP contribution >= 0.6 is 11.3 Å². The average Bonchev–Trinajstić information content (AvgIpc) is 2.95. The number of aromatic nitrogens is 1. The summed E-state index contributed by atoms with van der Waals surface area (Å²) in [6, 6.07) is 7.04. The molecule has 0 bridgehead atoms. The highest BCUT2D eigenvalue weighted by Gasteiger charge is 2.22. The van der Waals surface area contributed by atoms with E-state index in [1.807, 2.05) is 24.3 Å². The Kier molecular flexibility index (Phi) is 6.86. The number of fused-ring (bicyclic) bond motifs is 1. The first-order valence-electron chi connectivity index (χ1n) is 8.39. The number of esters is 1. The number of hydrogen-bond acceptors (Lipinski definition) is 7. The molecule has 1 aromatic carbocycles. The highest BCUT2D eigenvalue weighted by molar-refractivity contribution is 7.18. The molecule has 0 saturated heterocycles. The van der Waals surface area contributed by atoms with E-state index in [1.165, 1.54) is 18.3 Å². The smallest absolute Gasteiger partial charge is 0.332 e. The summed E-state index contributed by atoms with van der Waals surface area (Å²) in [4.78, 5) is 39.7. The van der Waals surface area contributed by atoms with E-state index >= 15 is 0 Å². The number of hydrogen-bond donors (Lipinski definition) is 2. The molecule has 1 atom stereocenters. The molecule has 27 heavy (non-hydrogen) atoms. The maximum atomic E-state index is 11.9. The predicted molar refractivity (Wildman–Crippen MR) is 101 cm³/mol. The first kappa shape index (κ1) is 20.8. The Morgan fingerprint density at radius 3 is 2.59 bits per heavy atom. The molecule has 0 spiro atoms. The van der Waals surface area contributed by atoms with Crippen LogP contribution in [0.25, 0.3) is 10.2 Å². The van der Waals surface area contributed by atoms with Crippen LogP contribution in [0.15, 0.2) is 24.3 Å². The number of benzene rings is 1. The molecule has 0 aliphatic rings. The number of nitrogens with zero attached hydrogens (tertiary/aromatic N) is 1. The normalized spacial score (nSPS) is 12.4. The highest BCUT2D eigenvalue weighted by Crippen LogP contribution is 2.21. The molecule has 0 unspecified atom stereocenters. The van der Waals surface area contributed by atoms with Crippen LogP contribution in [0.4, 0.5) is 4.79 Å². The van der Waals surface area contributed by atoms with Crippen LogP contribution in [0.5, 0.6) is 0 Å². The van der Waals surface area contributed by atoms with Gasteiger partial charge in [-0.25, -0.2) is 14.6 Å². The lowest BCUT2D eigenvalue weighted by atomic mass is 10.1. The number of nitrogens with one attached hydrogen (secondary N) is 2. The van der Waals surface area contributed by atoms with E-state index in [4.69, 9.17) is 9.47 Å². The largest absolute Gasteiger partial charge is 0.451 e. The van der Waals surface area contributed by atoms with Crippen LogP contribution in [0.2, 0.25) is 0 Å². The van der Waals surface area contributed by atoms with Crippen molar-refractivity contribution in [2.45, 2.75) is 45.9 Å². The van der Waals surface area contributed by atoms with Gasteiger partial charge in [0.1, 0.15) is 11.6 Å². The third-order valence-electron chi connectivity index (χ3n) is 3.19. The standard InChI is InChI=1S/C18H23N3O5S/c1-11(16(23)20-17(24)21-18(2,3)4)26-15(22)10-25-9-14-19-12-7-5-6-8-13(12)27-14/h5-8,11H,9-10H2,1-4H3,(H2,20,21,23,24)/t11-/m1/s1. The van der Waals surface area contributed by atoms with Crippen LogP contribution in [-0.4, -0.2) is 41.1 Å². The molecule has 8 nitrogen and oxygen atoms in total. The van der Waals surface area contributed by atoms with Gasteiger partial charge < -0.3 is 14.8 Å². The molecule has 3 amide bonds. The maximum Gasteiger partial charge on any atom is 0.332 e. The second-order valence-corrected chi connectivity index (χ2v) is 8.01. The quantitative estimate of drug-likeness (QED) is 0.730. The van der Waals surface area contributed by atoms with Crippen molar-refractivity contribution in [2.75, 3.05) is 6.61 Å². The van der Waals surface area contributed by atoms with Crippen molar-refractivity contribution in [3.63, 3.8) is 0 Å². The van der Waals surface area contributed by atoms with Crippen molar-refractivity contribution >= 4 is 39.5 Å². The molecule has 2 aromatic rings. The number of imide groups is 1. The number of rotatable bonds is 6. The first-order valence-corrected chi connectivity index (χ1v) is 9.20. The molecular weight excluding hydrogens is 370 g/mol. The second kappa shape index (κ2) is 8.92. The molecule has 1 aromatic heterocycles.